The first-order valence-corrected chi connectivity index (χ1v) is 8.40. The highest BCUT2D eigenvalue weighted by atomic mass is 127. The summed E-state index contributed by atoms with van der Waals surface area (Å²) in [5.41, 5.74) is 0.126. The van der Waals surface area contributed by atoms with Crippen LogP contribution in [0.4, 0.5) is 0 Å². The summed E-state index contributed by atoms with van der Waals surface area (Å²) < 4.78 is 13.5. The first-order valence-electron chi connectivity index (χ1n) is 7.33. The number of rotatable bonds is 2. The Morgan fingerprint density at radius 2 is 1.95 bits per heavy atom. The molecule has 1 aromatic rings. The minimum absolute atomic E-state index is 0.126. The third-order valence-electron chi connectivity index (χ3n) is 4.34. The third-order valence-corrected chi connectivity index (χ3v) is 5.23. The lowest BCUT2D eigenvalue weighted by Gasteiger charge is -2.43. The lowest BCUT2D eigenvalue weighted by molar-refractivity contribution is -0.129. The summed E-state index contributed by atoms with van der Waals surface area (Å²) in [4.78, 5) is 0. The molecular weight excluding hydrogens is 351 g/mol. The second-order valence-corrected chi connectivity index (χ2v) is 6.92. The molecule has 3 heteroatoms. The van der Waals surface area contributed by atoms with E-state index in [1.807, 2.05) is 6.07 Å². The maximum Gasteiger partial charge on any atom is 0.133 e. The van der Waals surface area contributed by atoms with Crippen LogP contribution >= 0.6 is 22.6 Å². The van der Waals surface area contributed by atoms with Crippen molar-refractivity contribution in [1.82, 2.24) is 0 Å². The molecule has 1 heterocycles. The van der Waals surface area contributed by atoms with Crippen molar-refractivity contribution in [2.24, 2.45) is 0 Å². The topological polar surface area (TPSA) is 18.5 Å². The van der Waals surface area contributed by atoms with Gasteiger partial charge in [-0.2, -0.15) is 0 Å². The van der Waals surface area contributed by atoms with Gasteiger partial charge in [-0.05, 0) is 47.6 Å². The van der Waals surface area contributed by atoms with E-state index in [0.29, 0.717) is 6.10 Å². The van der Waals surface area contributed by atoms with Crippen LogP contribution in [0.5, 0.6) is 5.75 Å². The SMILES string of the molecule is Ic1ccccc1OC1CCOC2(CCCCC2)C1. The van der Waals surface area contributed by atoms with E-state index in [1.54, 1.807) is 0 Å². The Morgan fingerprint density at radius 1 is 1.16 bits per heavy atom. The second-order valence-electron chi connectivity index (χ2n) is 5.76. The van der Waals surface area contributed by atoms with Crippen molar-refractivity contribution >= 4 is 22.6 Å². The Kier molecular flexibility index (Phi) is 4.32. The van der Waals surface area contributed by atoms with Gasteiger partial charge in [-0.25, -0.2) is 0 Å². The number of para-hydroxylation sites is 1. The molecule has 2 nitrogen and oxygen atoms in total. The molecule has 1 saturated carbocycles. The van der Waals surface area contributed by atoms with Crippen LogP contribution in [0, 0.1) is 3.57 Å². The fraction of sp³-hybridized carbons (Fsp3) is 0.625. The van der Waals surface area contributed by atoms with E-state index in [-0.39, 0.29) is 5.60 Å². The molecule has 2 fully saturated rings. The molecule has 0 N–H and O–H groups in total. The van der Waals surface area contributed by atoms with Gasteiger partial charge in [-0.3, -0.25) is 0 Å². The van der Waals surface area contributed by atoms with Crippen molar-refractivity contribution in [2.45, 2.75) is 56.7 Å². The van der Waals surface area contributed by atoms with E-state index < -0.39 is 0 Å². The second kappa shape index (κ2) is 6.00. The summed E-state index contributed by atoms with van der Waals surface area (Å²) in [6, 6.07) is 8.28. The number of hydrogen-bond acceptors (Lipinski definition) is 2. The molecule has 2 aliphatic rings. The van der Waals surface area contributed by atoms with E-state index in [1.165, 1.54) is 35.7 Å². The Morgan fingerprint density at radius 3 is 2.74 bits per heavy atom. The lowest BCUT2D eigenvalue weighted by Crippen LogP contribution is -2.45. The van der Waals surface area contributed by atoms with Crippen molar-refractivity contribution in [3.8, 4) is 5.75 Å². The average molecular weight is 372 g/mol. The fourth-order valence-corrected chi connectivity index (χ4v) is 3.86. The van der Waals surface area contributed by atoms with Gasteiger partial charge < -0.3 is 9.47 Å². The largest absolute Gasteiger partial charge is 0.489 e. The molecule has 0 radical (unpaired) electrons. The van der Waals surface area contributed by atoms with Crippen LogP contribution in [0.15, 0.2) is 24.3 Å². The first-order chi connectivity index (χ1) is 9.27. The number of ether oxygens (including phenoxy) is 2. The summed E-state index contributed by atoms with van der Waals surface area (Å²) in [7, 11) is 0. The molecule has 1 aliphatic heterocycles. The Hall–Kier alpha value is -0.290. The quantitative estimate of drug-likeness (QED) is 0.709. The highest BCUT2D eigenvalue weighted by Crippen LogP contribution is 2.39. The highest BCUT2D eigenvalue weighted by molar-refractivity contribution is 14.1. The summed E-state index contributed by atoms with van der Waals surface area (Å²) in [6.07, 6.45) is 8.85. The lowest BCUT2D eigenvalue weighted by atomic mass is 9.79. The van der Waals surface area contributed by atoms with Gasteiger partial charge in [0, 0.05) is 12.8 Å². The Labute approximate surface area is 129 Å². The van der Waals surface area contributed by atoms with Gasteiger partial charge in [0.15, 0.2) is 0 Å². The van der Waals surface area contributed by atoms with Gasteiger partial charge in [0.1, 0.15) is 11.9 Å². The molecule has 1 aromatic carbocycles. The van der Waals surface area contributed by atoms with E-state index >= 15 is 0 Å². The monoisotopic (exact) mass is 372 g/mol. The summed E-state index contributed by atoms with van der Waals surface area (Å²) >= 11 is 2.35. The van der Waals surface area contributed by atoms with Crippen molar-refractivity contribution in [2.75, 3.05) is 6.61 Å². The normalized spacial score (nSPS) is 26.3. The van der Waals surface area contributed by atoms with Crippen LogP contribution in [0.3, 0.4) is 0 Å². The zero-order valence-corrected chi connectivity index (χ0v) is 13.4. The molecule has 1 spiro atoms. The van der Waals surface area contributed by atoms with Gasteiger partial charge in [-0.15, -0.1) is 0 Å². The van der Waals surface area contributed by atoms with Crippen LogP contribution in [0.25, 0.3) is 0 Å². The predicted molar refractivity (Wildman–Crippen MR) is 84.6 cm³/mol. The van der Waals surface area contributed by atoms with Gasteiger partial charge in [-0.1, -0.05) is 31.4 Å². The van der Waals surface area contributed by atoms with Crippen LogP contribution in [0.1, 0.15) is 44.9 Å². The summed E-state index contributed by atoms with van der Waals surface area (Å²) in [5, 5.41) is 0. The maximum atomic E-state index is 6.23. The summed E-state index contributed by atoms with van der Waals surface area (Å²) in [6.45, 7) is 0.855. The molecule has 1 unspecified atom stereocenters. The molecule has 0 aromatic heterocycles. The molecule has 0 amide bonds. The molecular formula is C16H21IO2. The molecule has 104 valence electrons. The van der Waals surface area contributed by atoms with Crippen molar-refractivity contribution < 1.29 is 9.47 Å². The Bertz CT molecular complexity index is 421. The average Bonchev–Trinajstić information content (AvgIpc) is 2.42. The van der Waals surface area contributed by atoms with Crippen molar-refractivity contribution in [3.63, 3.8) is 0 Å². The maximum absolute atomic E-state index is 6.23. The van der Waals surface area contributed by atoms with Crippen LogP contribution in [0.2, 0.25) is 0 Å². The van der Waals surface area contributed by atoms with E-state index in [0.717, 1.165) is 25.2 Å². The standard InChI is InChI=1S/C16H21IO2/c17-14-6-2-3-7-15(14)19-13-8-11-18-16(12-13)9-4-1-5-10-16/h2-3,6-7,13H,1,4-5,8-12H2. The number of benzene rings is 1. The molecule has 0 bridgehead atoms. The predicted octanol–water partition coefficient (Wildman–Crippen LogP) is 4.55. The molecule has 1 saturated heterocycles. The van der Waals surface area contributed by atoms with E-state index in [4.69, 9.17) is 9.47 Å². The number of hydrogen-bond donors (Lipinski definition) is 0. The first kappa shape index (κ1) is 13.7. The van der Waals surface area contributed by atoms with Crippen molar-refractivity contribution in [1.29, 1.82) is 0 Å². The van der Waals surface area contributed by atoms with Gasteiger partial charge in [0.05, 0.1) is 15.8 Å². The third kappa shape index (κ3) is 3.24. The van der Waals surface area contributed by atoms with Gasteiger partial charge >= 0.3 is 0 Å². The summed E-state index contributed by atoms with van der Waals surface area (Å²) in [5.74, 6) is 1.03. The molecule has 3 rings (SSSR count). The smallest absolute Gasteiger partial charge is 0.133 e. The van der Waals surface area contributed by atoms with Crippen LogP contribution in [-0.2, 0) is 4.74 Å². The Balaban J connectivity index is 1.67. The minimum Gasteiger partial charge on any atom is -0.489 e. The van der Waals surface area contributed by atoms with Gasteiger partial charge in [0.25, 0.3) is 0 Å². The fourth-order valence-electron chi connectivity index (χ4n) is 3.35. The molecule has 1 aliphatic carbocycles. The molecule has 19 heavy (non-hydrogen) atoms. The number of halogens is 1. The molecule has 1 atom stereocenters. The van der Waals surface area contributed by atoms with Crippen LogP contribution < -0.4 is 4.74 Å². The van der Waals surface area contributed by atoms with Crippen LogP contribution in [-0.4, -0.2) is 18.3 Å². The highest BCUT2D eigenvalue weighted by Gasteiger charge is 2.39. The minimum atomic E-state index is 0.126. The van der Waals surface area contributed by atoms with Crippen molar-refractivity contribution in [3.05, 3.63) is 27.8 Å². The zero-order valence-electron chi connectivity index (χ0n) is 11.2. The van der Waals surface area contributed by atoms with Gasteiger partial charge in [0.2, 0.25) is 0 Å². The van der Waals surface area contributed by atoms with E-state index in [9.17, 15) is 0 Å². The zero-order chi connectivity index (χ0) is 13.1. The van der Waals surface area contributed by atoms with E-state index in [2.05, 4.69) is 40.8 Å².